The van der Waals surface area contributed by atoms with Crippen molar-refractivity contribution in [1.82, 2.24) is 5.32 Å². The largest absolute Gasteiger partial charge is 0.466 e. The molecule has 0 spiro atoms. The minimum atomic E-state index is -0.665. The number of carbonyl (C=O) groups is 2. The number of hydrogen-bond acceptors (Lipinski definition) is 5. The van der Waals surface area contributed by atoms with Crippen molar-refractivity contribution < 1.29 is 24.5 Å². The lowest BCUT2D eigenvalue weighted by molar-refractivity contribution is -0.143. The van der Waals surface area contributed by atoms with E-state index in [1.807, 2.05) is 0 Å². The first kappa shape index (κ1) is 65.3. The van der Waals surface area contributed by atoms with E-state index < -0.39 is 12.1 Å². The van der Waals surface area contributed by atoms with Gasteiger partial charge >= 0.3 is 5.97 Å². The predicted octanol–water partition coefficient (Wildman–Crippen LogP) is 18.6. The fourth-order valence-corrected chi connectivity index (χ4v) is 9.38. The Labute approximate surface area is 418 Å². The zero-order valence-electron chi connectivity index (χ0n) is 45.1. The van der Waals surface area contributed by atoms with Crippen molar-refractivity contribution in [1.29, 1.82) is 0 Å². The molecule has 0 radical (unpaired) electrons. The summed E-state index contributed by atoms with van der Waals surface area (Å²) in [6, 6.07) is -0.543. The predicted molar refractivity (Wildman–Crippen MR) is 292 cm³/mol. The number of aliphatic hydroxyl groups excluding tert-OH is 2. The Morgan fingerprint density at radius 1 is 0.418 bits per heavy atom. The van der Waals surface area contributed by atoms with Crippen molar-refractivity contribution >= 4 is 11.9 Å². The number of nitrogens with one attached hydrogen (secondary N) is 1. The third kappa shape index (κ3) is 53.5. The summed E-state index contributed by atoms with van der Waals surface area (Å²) >= 11 is 0. The second kappa shape index (κ2) is 56.9. The zero-order valence-corrected chi connectivity index (χ0v) is 45.1. The second-order valence-corrected chi connectivity index (χ2v) is 20.7. The summed E-state index contributed by atoms with van der Waals surface area (Å²) in [7, 11) is 0. The van der Waals surface area contributed by atoms with Gasteiger partial charge in [-0.05, 0) is 57.8 Å². The minimum absolute atomic E-state index is 0.0125. The van der Waals surface area contributed by atoms with Gasteiger partial charge in [0.1, 0.15) is 0 Å². The molecule has 0 aromatic heterocycles. The van der Waals surface area contributed by atoms with Gasteiger partial charge < -0.3 is 20.3 Å². The number of aliphatic hydroxyl groups is 2. The van der Waals surface area contributed by atoms with Crippen LogP contribution in [-0.4, -0.2) is 47.4 Å². The van der Waals surface area contributed by atoms with E-state index in [1.165, 1.54) is 250 Å². The monoisotopic (exact) mass is 944 g/mol. The van der Waals surface area contributed by atoms with Crippen LogP contribution in [0.15, 0.2) is 24.3 Å². The van der Waals surface area contributed by atoms with E-state index in [2.05, 4.69) is 43.5 Å². The van der Waals surface area contributed by atoms with Crippen molar-refractivity contribution in [3.05, 3.63) is 24.3 Å². The van der Waals surface area contributed by atoms with E-state index >= 15 is 0 Å². The van der Waals surface area contributed by atoms with Crippen LogP contribution >= 0.6 is 0 Å². The third-order valence-corrected chi connectivity index (χ3v) is 14.0. The summed E-state index contributed by atoms with van der Waals surface area (Å²) in [6.45, 7) is 4.94. The van der Waals surface area contributed by atoms with Crippen LogP contribution in [0.25, 0.3) is 0 Å². The zero-order chi connectivity index (χ0) is 48.6. The van der Waals surface area contributed by atoms with E-state index in [4.69, 9.17) is 4.74 Å². The number of amides is 1. The van der Waals surface area contributed by atoms with Crippen LogP contribution in [0.5, 0.6) is 0 Å². The molecule has 2 atom stereocenters. The maximum Gasteiger partial charge on any atom is 0.305 e. The molecule has 0 heterocycles. The van der Waals surface area contributed by atoms with Crippen LogP contribution in [0.3, 0.4) is 0 Å². The molecular weight excluding hydrogens is 827 g/mol. The number of rotatable bonds is 56. The first-order valence-corrected chi connectivity index (χ1v) is 30.1. The van der Waals surface area contributed by atoms with Gasteiger partial charge in [-0.3, -0.25) is 9.59 Å². The fraction of sp³-hybridized carbons (Fsp3) is 0.902. The van der Waals surface area contributed by atoms with Gasteiger partial charge in [-0.15, -0.1) is 0 Å². The quantitative estimate of drug-likeness (QED) is 0.0321. The van der Waals surface area contributed by atoms with Crippen LogP contribution in [0, 0.1) is 0 Å². The number of unbranched alkanes of at least 4 members (excludes halogenated alkanes) is 41. The van der Waals surface area contributed by atoms with E-state index in [0.717, 1.165) is 44.9 Å². The Kier molecular flexibility index (Phi) is 55.5. The Bertz CT molecular complexity index is 1040. The summed E-state index contributed by atoms with van der Waals surface area (Å²) in [6.07, 6.45) is 69.1. The van der Waals surface area contributed by atoms with E-state index in [9.17, 15) is 19.8 Å². The number of hydrogen-bond donors (Lipinski definition) is 3. The lowest BCUT2D eigenvalue weighted by Gasteiger charge is -2.22. The highest BCUT2D eigenvalue weighted by molar-refractivity contribution is 5.76. The maximum atomic E-state index is 12.4. The average Bonchev–Trinajstić information content (AvgIpc) is 3.33. The topological polar surface area (TPSA) is 95.9 Å². The molecule has 0 aliphatic heterocycles. The van der Waals surface area contributed by atoms with Crippen molar-refractivity contribution in [2.45, 2.75) is 341 Å². The smallest absolute Gasteiger partial charge is 0.305 e. The van der Waals surface area contributed by atoms with E-state index in [0.29, 0.717) is 25.9 Å². The molecule has 6 heteroatoms. The van der Waals surface area contributed by atoms with E-state index in [-0.39, 0.29) is 18.5 Å². The van der Waals surface area contributed by atoms with Crippen LogP contribution in [0.1, 0.15) is 328 Å². The first-order valence-electron chi connectivity index (χ1n) is 30.1. The van der Waals surface area contributed by atoms with Crippen LogP contribution in [0.2, 0.25) is 0 Å². The van der Waals surface area contributed by atoms with Crippen molar-refractivity contribution in [2.24, 2.45) is 0 Å². The molecule has 1 amide bonds. The van der Waals surface area contributed by atoms with Crippen molar-refractivity contribution in [3.8, 4) is 0 Å². The Balaban J connectivity index is 3.39. The summed E-state index contributed by atoms with van der Waals surface area (Å²) < 4.78 is 5.49. The van der Waals surface area contributed by atoms with Gasteiger partial charge in [0.25, 0.3) is 0 Å². The molecule has 6 nitrogen and oxygen atoms in total. The highest BCUT2D eigenvalue weighted by Crippen LogP contribution is 2.17. The molecule has 0 aromatic carbocycles. The molecule has 3 N–H and O–H groups in total. The molecule has 0 saturated carbocycles. The number of carbonyl (C=O) groups excluding carboxylic acids is 2. The lowest BCUT2D eigenvalue weighted by atomic mass is 10.0. The fourth-order valence-electron chi connectivity index (χ4n) is 9.38. The van der Waals surface area contributed by atoms with Crippen LogP contribution in [-0.2, 0) is 14.3 Å². The molecule has 0 aliphatic rings. The molecule has 2 unspecified atom stereocenters. The molecule has 0 fully saturated rings. The van der Waals surface area contributed by atoms with Gasteiger partial charge in [0.15, 0.2) is 0 Å². The molecule has 0 aromatic rings. The normalized spacial score (nSPS) is 12.7. The summed E-state index contributed by atoms with van der Waals surface area (Å²) in [4.78, 5) is 24.5. The summed E-state index contributed by atoms with van der Waals surface area (Å²) in [5.74, 6) is -0.0304. The van der Waals surface area contributed by atoms with Gasteiger partial charge in [0.05, 0.1) is 25.4 Å². The molecule has 0 bridgehead atoms. The highest BCUT2D eigenvalue weighted by Gasteiger charge is 2.20. The Morgan fingerprint density at radius 2 is 0.746 bits per heavy atom. The standard InChI is InChI=1S/C61H117NO5/c1-3-5-7-9-11-13-14-15-16-29-32-35-39-43-47-51-55-61(66)67-56-52-48-44-40-36-33-30-27-25-23-21-19-17-18-20-22-24-26-28-31-34-38-42-46-50-54-60(65)62-58(57-63)59(64)53-49-45-41-37-12-10-8-6-4-2/h18-21,58-59,63-64H,3-17,22-57H2,1-2H3,(H,62,65)/b20-18-,21-19-. The Hall–Kier alpha value is -1.66. The number of allylic oxidation sites excluding steroid dienone is 4. The first-order chi connectivity index (χ1) is 33.0. The molecule has 67 heavy (non-hydrogen) atoms. The molecule has 0 aliphatic carbocycles. The molecule has 0 rings (SSSR count). The highest BCUT2D eigenvalue weighted by atomic mass is 16.5. The van der Waals surface area contributed by atoms with Gasteiger partial charge in [-0.2, -0.15) is 0 Å². The van der Waals surface area contributed by atoms with Crippen LogP contribution in [0.4, 0.5) is 0 Å². The number of ether oxygens (including phenoxy) is 1. The van der Waals surface area contributed by atoms with Crippen LogP contribution < -0.4 is 5.32 Å². The van der Waals surface area contributed by atoms with Gasteiger partial charge in [0.2, 0.25) is 5.91 Å². The second-order valence-electron chi connectivity index (χ2n) is 20.7. The lowest BCUT2D eigenvalue weighted by Crippen LogP contribution is -2.45. The minimum Gasteiger partial charge on any atom is -0.466 e. The molecular formula is C61H117NO5. The van der Waals surface area contributed by atoms with E-state index in [1.54, 1.807) is 0 Å². The van der Waals surface area contributed by atoms with Gasteiger partial charge in [-0.25, -0.2) is 0 Å². The Morgan fingerprint density at radius 3 is 1.13 bits per heavy atom. The molecule has 396 valence electrons. The molecule has 0 saturated heterocycles. The number of esters is 1. The average molecular weight is 945 g/mol. The maximum absolute atomic E-state index is 12.4. The summed E-state index contributed by atoms with van der Waals surface area (Å²) in [5, 5.41) is 23.1. The third-order valence-electron chi connectivity index (χ3n) is 14.0. The van der Waals surface area contributed by atoms with Gasteiger partial charge in [0, 0.05) is 12.8 Å². The van der Waals surface area contributed by atoms with Crippen molar-refractivity contribution in [3.63, 3.8) is 0 Å². The SMILES string of the molecule is CCCCCCCCCCCCCCCCCCC(=O)OCCCCCCCCCCC/C=C\C/C=C\CCCCCCCCCCCC(=O)NC(CO)C(O)CCCCCCCCCCC. The van der Waals surface area contributed by atoms with Gasteiger partial charge in [-0.1, -0.05) is 282 Å². The summed E-state index contributed by atoms with van der Waals surface area (Å²) in [5.41, 5.74) is 0. The van der Waals surface area contributed by atoms with Crippen molar-refractivity contribution in [2.75, 3.05) is 13.2 Å².